The van der Waals surface area contributed by atoms with Crippen LogP contribution in [0.25, 0.3) is 0 Å². The normalized spacial score (nSPS) is 11.9. The van der Waals surface area contributed by atoms with Crippen molar-refractivity contribution in [2.75, 3.05) is 18.9 Å². The zero-order valence-electron chi connectivity index (χ0n) is 11.0. The van der Waals surface area contributed by atoms with Crippen LogP contribution in [0.2, 0.25) is 0 Å². The Balaban J connectivity index is 2.45. The van der Waals surface area contributed by atoms with Gasteiger partial charge in [-0.25, -0.2) is 0 Å². The van der Waals surface area contributed by atoms with Crippen LogP contribution < -0.4 is 5.32 Å². The number of benzene rings is 1. The molecule has 0 fully saturated rings. The third-order valence-corrected chi connectivity index (χ3v) is 2.89. The van der Waals surface area contributed by atoms with Crippen molar-refractivity contribution in [3.8, 4) is 0 Å². The summed E-state index contributed by atoms with van der Waals surface area (Å²) in [6.07, 6.45) is 0.772. The lowest BCUT2D eigenvalue weighted by Gasteiger charge is -2.14. The largest absolute Gasteiger partial charge is 0.465 e. The molecule has 0 saturated carbocycles. The van der Waals surface area contributed by atoms with Crippen molar-refractivity contribution in [2.45, 2.75) is 19.4 Å². The number of esters is 1. The standard InChI is InChI=1S/C14H19NO3S/c1-2-8-18-14(17)12(10-19)15-9-13(16)11-6-4-3-5-7-11/h3-7,12,15,19H,2,8-10H2,1H3/t12-/m1/s1. The first kappa shape index (κ1) is 15.7. The van der Waals surface area contributed by atoms with Crippen LogP contribution in [-0.4, -0.2) is 36.7 Å². The van der Waals surface area contributed by atoms with Crippen LogP contribution in [0.1, 0.15) is 23.7 Å². The molecule has 0 heterocycles. The van der Waals surface area contributed by atoms with Crippen LogP contribution in [0.15, 0.2) is 30.3 Å². The topological polar surface area (TPSA) is 55.4 Å². The Hall–Kier alpha value is -1.33. The van der Waals surface area contributed by atoms with Gasteiger partial charge >= 0.3 is 5.97 Å². The number of carbonyl (C=O) groups excluding carboxylic acids is 2. The van der Waals surface area contributed by atoms with Crippen molar-refractivity contribution >= 4 is 24.4 Å². The van der Waals surface area contributed by atoms with Crippen molar-refractivity contribution in [3.63, 3.8) is 0 Å². The smallest absolute Gasteiger partial charge is 0.323 e. The van der Waals surface area contributed by atoms with E-state index < -0.39 is 6.04 Å². The molecule has 104 valence electrons. The monoisotopic (exact) mass is 281 g/mol. The summed E-state index contributed by atoms with van der Waals surface area (Å²) < 4.78 is 5.02. The Morgan fingerprint density at radius 3 is 2.58 bits per heavy atom. The van der Waals surface area contributed by atoms with Gasteiger partial charge in [0.2, 0.25) is 0 Å². The fraction of sp³-hybridized carbons (Fsp3) is 0.429. The average molecular weight is 281 g/mol. The fourth-order valence-electron chi connectivity index (χ4n) is 1.47. The van der Waals surface area contributed by atoms with Gasteiger partial charge in [0.05, 0.1) is 13.2 Å². The van der Waals surface area contributed by atoms with Gasteiger partial charge in [-0.3, -0.25) is 14.9 Å². The zero-order valence-corrected chi connectivity index (χ0v) is 11.9. The number of Topliss-reactive ketones (excluding diaryl/α,β-unsaturated/α-hetero) is 1. The molecule has 1 aromatic carbocycles. The summed E-state index contributed by atoms with van der Waals surface area (Å²) in [4.78, 5) is 23.5. The number of thiol groups is 1. The molecule has 0 saturated heterocycles. The van der Waals surface area contributed by atoms with E-state index in [0.29, 0.717) is 17.9 Å². The molecule has 1 aromatic rings. The van der Waals surface area contributed by atoms with Crippen LogP contribution in [-0.2, 0) is 9.53 Å². The van der Waals surface area contributed by atoms with Gasteiger partial charge in [-0.2, -0.15) is 12.6 Å². The van der Waals surface area contributed by atoms with Crippen molar-refractivity contribution in [3.05, 3.63) is 35.9 Å². The molecule has 0 aliphatic rings. The van der Waals surface area contributed by atoms with E-state index in [1.807, 2.05) is 13.0 Å². The number of nitrogens with one attached hydrogen (secondary N) is 1. The quantitative estimate of drug-likeness (QED) is 0.433. The number of carbonyl (C=O) groups is 2. The molecule has 0 unspecified atom stereocenters. The number of hydrogen-bond donors (Lipinski definition) is 2. The van der Waals surface area contributed by atoms with Gasteiger partial charge < -0.3 is 4.74 Å². The summed E-state index contributed by atoms with van der Waals surface area (Å²) in [7, 11) is 0. The Bertz CT molecular complexity index is 408. The molecule has 0 aromatic heterocycles. The van der Waals surface area contributed by atoms with Crippen LogP contribution >= 0.6 is 12.6 Å². The highest BCUT2D eigenvalue weighted by Crippen LogP contribution is 2.00. The van der Waals surface area contributed by atoms with Crippen LogP contribution in [0.5, 0.6) is 0 Å². The van der Waals surface area contributed by atoms with Crippen LogP contribution in [0.3, 0.4) is 0 Å². The molecule has 1 N–H and O–H groups in total. The number of ether oxygens (including phenoxy) is 1. The molecule has 1 rings (SSSR count). The maximum absolute atomic E-state index is 11.9. The SMILES string of the molecule is CCCOC(=O)[C@@H](CS)NCC(=O)c1ccccc1. The second-order valence-corrected chi connectivity index (χ2v) is 4.44. The van der Waals surface area contributed by atoms with Crippen molar-refractivity contribution in [1.29, 1.82) is 0 Å². The van der Waals surface area contributed by atoms with E-state index in [-0.39, 0.29) is 18.3 Å². The highest BCUT2D eigenvalue weighted by molar-refractivity contribution is 7.80. The minimum absolute atomic E-state index is 0.0596. The number of rotatable bonds is 8. The molecule has 0 amide bonds. The summed E-state index contributed by atoms with van der Waals surface area (Å²) in [6.45, 7) is 2.41. The third-order valence-electron chi connectivity index (χ3n) is 2.52. The van der Waals surface area contributed by atoms with Gasteiger partial charge in [-0.05, 0) is 6.42 Å². The first-order valence-electron chi connectivity index (χ1n) is 6.28. The Morgan fingerprint density at radius 2 is 2.00 bits per heavy atom. The molecule has 0 radical (unpaired) electrons. The molecule has 19 heavy (non-hydrogen) atoms. The first-order chi connectivity index (χ1) is 9.19. The van der Waals surface area contributed by atoms with Crippen LogP contribution in [0.4, 0.5) is 0 Å². The van der Waals surface area contributed by atoms with Crippen molar-refractivity contribution in [1.82, 2.24) is 5.32 Å². The molecule has 0 aliphatic heterocycles. The molecule has 0 aliphatic carbocycles. The van der Waals surface area contributed by atoms with Crippen LogP contribution in [0, 0.1) is 0 Å². The lowest BCUT2D eigenvalue weighted by atomic mass is 10.1. The minimum Gasteiger partial charge on any atom is -0.465 e. The minimum atomic E-state index is -0.553. The van der Waals surface area contributed by atoms with E-state index in [4.69, 9.17) is 4.74 Å². The summed E-state index contributed by atoms with van der Waals surface area (Å²) in [5, 5.41) is 2.88. The summed E-state index contributed by atoms with van der Waals surface area (Å²) in [6, 6.07) is 8.40. The molecule has 0 spiro atoms. The highest BCUT2D eigenvalue weighted by atomic mass is 32.1. The maximum atomic E-state index is 11.9. The van der Waals surface area contributed by atoms with Gasteiger partial charge in [0, 0.05) is 11.3 Å². The van der Waals surface area contributed by atoms with Gasteiger partial charge in [-0.1, -0.05) is 37.3 Å². The van der Waals surface area contributed by atoms with E-state index in [9.17, 15) is 9.59 Å². The molecule has 5 heteroatoms. The second-order valence-electron chi connectivity index (χ2n) is 4.07. The van der Waals surface area contributed by atoms with Gasteiger partial charge in [0.1, 0.15) is 6.04 Å². The van der Waals surface area contributed by atoms with E-state index in [1.54, 1.807) is 24.3 Å². The van der Waals surface area contributed by atoms with Gasteiger partial charge in [0.25, 0.3) is 0 Å². The van der Waals surface area contributed by atoms with E-state index in [0.717, 1.165) is 6.42 Å². The molecule has 0 bridgehead atoms. The average Bonchev–Trinajstić information content (AvgIpc) is 2.46. The van der Waals surface area contributed by atoms with E-state index in [1.165, 1.54) is 0 Å². The fourth-order valence-corrected chi connectivity index (χ4v) is 1.75. The highest BCUT2D eigenvalue weighted by Gasteiger charge is 2.18. The lowest BCUT2D eigenvalue weighted by molar-refractivity contribution is -0.145. The van der Waals surface area contributed by atoms with Crippen molar-refractivity contribution in [2.24, 2.45) is 0 Å². The molecule has 1 atom stereocenters. The third kappa shape index (κ3) is 5.44. The first-order valence-corrected chi connectivity index (χ1v) is 6.91. The number of ketones is 1. The van der Waals surface area contributed by atoms with Gasteiger partial charge in [0.15, 0.2) is 5.78 Å². The Labute approximate surface area is 118 Å². The lowest BCUT2D eigenvalue weighted by Crippen LogP contribution is -2.42. The Kier molecular flexibility index (Phi) is 7.22. The van der Waals surface area contributed by atoms with Crippen molar-refractivity contribution < 1.29 is 14.3 Å². The summed E-state index contributed by atoms with van der Waals surface area (Å²) in [5.41, 5.74) is 0.620. The summed E-state index contributed by atoms with van der Waals surface area (Å²) >= 11 is 4.09. The number of hydrogen-bond acceptors (Lipinski definition) is 5. The predicted octanol–water partition coefficient (Wildman–Crippen LogP) is 1.71. The summed E-state index contributed by atoms with van der Waals surface area (Å²) in [5.74, 6) is -0.127. The predicted molar refractivity (Wildman–Crippen MR) is 77.7 cm³/mol. The van der Waals surface area contributed by atoms with E-state index in [2.05, 4.69) is 17.9 Å². The second kappa shape index (κ2) is 8.72. The van der Waals surface area contributed by atoms with Gasteiger partial charge in [-0.15, -0.1) is 0 Å². The zero-order chi connectivity index (χ0) is 14.1. The van der Waals surface area contributed by atoms with E-state index >= 15 is 0 Å². The molecule has 4 nitrogen and oxygen atoms in total. The maximum Gasteiger partial charge on any atom is 0.323 e. The molecular formula is C14H19NO3S. The molecular weight excluding hydrogens is 262 g/mol. The Morgan fingerprint density at radius 1 is 1.32 bits per heavy atom.